The van der Waals surface area contributed by atoms with Crippen LogP contribution < -0.4 is 10.7 Å². The Bertz CT molecular complexity index is 867. The lowest BCUT2D eigenvalue weighted by Crippen LogP contribution is -2.28. The number of halogens is 1. The van der Waals surface area contributed by atoms with Crippen LogP contribution in [0, 0.1) is 5.82 Å². The number of hydrogen-bond donors (Lipinski definition) is 2. The van der Waals surface area contributed by atoms with E-state index in [9.17, 15) is 9.18 Å². The van der Waals surface area contributed by atoms with Gasteiger partial charge in [-0.15, -0.1) is 0 Å². The molecule has 28 heavy (non-hydrogen) atoms. The minimum Gasteiger partial charge on any atom is -0.465 e. The van der Waals surface area contributed by atoms with E-state index < -0.39 is 5.97 Å². The number of unbranched alkanes of at least 4 members (excludes halogenated alkanes) is 1. The molecule has 1 heterocycles. The molecule has 148 valence electrons. The quantitative estimate of drug-likeness (QED) is 0.250. The lowest BCUT2D eigenvalue weighted by molar-refractivity contribution is 0.0600. The third-order valence-corrected chi connectivity index (χ3v) is 3.75. The maximum atomic E-state index is 13.4. The van der Waals surface area contributed by atoms with Crippen molar-refractivity contribution in [1.29, 1.82) is 0 Å². The van der Waals surface area contributed by atoms with Gasteiger partial charge in [-0.3, -0.25) is 9.98 Å². The van der Waals surface area contributed by atoms with E-state index >= 15 is 0 Å². The standard InChI is InChI=1S/C20H24FN5O2/c1-4-5-11-23-20(24-16-9-6-8-15(21)13-16)26-25-14(2)18-17(19(27)28-3)10-7-12-22-18/h6-10,12-13H,4-5,11H2,1-3H3,(H2,23,24,26). The summed E-state index contributed by atoms with van der Waals surface area (Å²) in [5.74, 6) is -0.477. The number of benzene rings is 1. The summed E-state index contributed by atoms with van der Waals surface area (Å²) < 4.78 is 18.2. The number of nitrogens with one attached hydrogen (secondary N) is 2. The summed E-state index contributed by atoms with van der Waals surface area (Å²) >= 11 is 0. The van der Waals surface area contributed by atoms with Crippen LogP contribution in [0.3, 0.4) is 0 Å². The molecule has 0 radical (unpaired) electrons. The van der Waals surface area contributed by atoms with Gasteiger partial charge in [-0.25, -0.2) is 14.6 Å². The Hall–Kier alpha value is -3.29. The number of anilines is 1. The average molecular weight is 385 g/mol. The fraction of sp³-hybridized carbons (Fsp3) is 0.300. The van der Waals surface area contributed by atoms with Crippen LogP contribution >= 0.6 is 0 Å². The van der Waals surface area contributed by atoms with Crippen molar-refractivity contribution < 1.29 is 13.9 Å². The van der Waals surface area contributed by atoms with Crippen LogP contribution in [0.2, 0.25) is 0 Å². The second-order valence-corrected chi connectivity index (χ2v) is 5.92. The Morgan fingerprint density at radius 2 is 2.11 bits per heavy atom. The van der Waals surface area contributed by atoms with Gasteiger partial charge in [-0.1, -0.05) is 19.4 Å². The highest BCUT2D eigenvalue weighted by atomic mass is 19.1. The number of ether oxygens (including phenoxy) is 1. The van der Waals surface area contributed by atoms with Crippen LogP contribution in [-0.4, -0.2) is 36.3 Å². The molecule has 0 fully saturated rings. The zero-order valence-corrected chi connectivity index (χ0v) is 16.2. The number of carbonyl (C=O) groups is 1. The van der Waals surface area contributed by atoms with Gasteiger partial charge in [0.25, 0.3) is 0 Å². The molecule has 0 spiro atoms. The molecule has 2 aromatic rings. The fourth-order valence-corrected chi connectivity index (χ4v) is 2.31. The lowest BCUT2D eigenvalue weighted by Gasteiger charge is -2.11. The minimum atomic E-state index is -0.493. The van der Waals surface area contributed by atoms with Gasteiger partial charge in [-0.2, -0.15) is 5.10 Å². The van der Waals surface area contributed by atoms with Gasteiger partial charge >= 0.3 is 5.97 Å². The molecule has 2 N–H and O–H groups in total. The number of aromatic nitrogens is 1. The van der Waals surface area contributed by atoms with Crippen molar-refractivity contribution in [3.8, 4) is 0 Å². The number of pyridine rings is 1. The Kier molecular flexibility index (Phi) is 8.08. The van der Waals surface area contributed by atoms with E-state index in [0.29, 0.717) is 35.2 Å². The van der Waals surface area contributed by atoms with E-state index in [1.54, 1.807) is 37.4 Å². The number of guanidine groups is 1. The lowest BCUT2D eigenvalue weighted by atomic mass is 10.1. The fourth-order valence-electron chi connectivity index (χ4n) is 2.31. The first-order valence-electron chi connectivity index (χ1n) is 8.96. The summed E-state index contributed by atoms with van der Waals surface area (Å²) in [7, 11) is 1.31. The number of rotatable bonds is 7. The first kappa shape index (κ1) is 21.0. The van der Waals surface area contributed by atoms with Crippen LogP contribution in [0.25, 0.3) is 0 Å². The van der Waals surface area contributed by atoms with Crippen molar-refractivity contribution in [2.24, 2.45) is 10.1 Å². The van der Waals surface area contributed by atoms with Crippen molar-refractivity contribution in [3.63, 3.8) is 0 Å². The molecule has 0 aliphatic rings. The molecule has 0 saturated heterocycles. The van der Waals surface area contributed by atoms with Gasteiger partial charge in [0.2, 0.25) is 5.96 Å². The molecule has 0 saturated carbocycles. The molecule has 7 nitrogen and oxygen atoms in total. The first-order valence-corrected chi connectivity index (χ1v) is 8.96. The first-order chi connectivity index (χ1) is 13.5. The molecule has 0 unspecified atom stereocenters. The molecule has 0 aliphatic heterocycles. The molecular formula is C20H24FN5O2. The predicted octanol–water partition coefficient (Wildman–Crippen LogP) is 3.59. The van der Waals surface area contributed by atoms with Crippen LogP contribution in [0.1, 0.15) is 42.7 Å². The van der Waals surface area contributed by atoms with Crippen molar-refractivity contribution in [1.82, 2.24) is 10.4 Å². The number of esters is 1. The van der Waals surface area contributed by atoms with Crippen LogP contribution in [0.15, 0.2) is 52.7 Å². The highest BCUT2D eigenvalue weighted by Crippen LogP contribution is 2.10. The molecule has 0 atom stereocenters. The van der Waals surface area contributed by atoms with Crippen molar-refractivity contribution in [3.05, 3.63) is 59.7 Å². The summed E-state index contributed by atoms with van der Waals surface area (Å²) in [6.45, 7) is 4.38. The number of methoxy groups -OCH3 is 1. The number of nitrogens with zero attached hydrogens (tertiary/aromatic N) is 3. The maximum Gasteiger partial charge on any atom is 0.340 e. The van der Waals surface area contributed by atoms with Crippen LogP contribution in [-0.2, 0) is 4.74 Å². The highest BCUT2D eigenvalue weighted by molar-refractivity contribution is 6.07. The van der Waals surface area contributed by atoms with Gasteiger partial charge in [0, 0.05) is 18.4 Å². The topological polar surface area (TPSA) is 88.0 Å². The zero-order valence-electron chi connectivity index (χ0n) is 16.2. The second kappa shape index (κ2) is 10.8. The van der Waals surface area contributed by atoms with Crippen molar-refractivity contribution >= 4 is 23.3 Å². The average Bonchev–Trinajstić information content (AvgIpc) is 2.71. The molecule has 1 aromatic carbocycles. The molecule has 0 aliphatic carbocycles. The third-order valence-electron chi connectivity index (χ3n) is 3.75. The second-order valence-electron chi connectivity index (χ2n) is 5.92. The van der Waals surface area contributed by atoms with Crippen LogP contribution in [0.4, 0.5) is 10.1 Å². The van der Waals surface area contributed by atoms with Gasteiger partial charge < -0.3 is 10.1 Å². The third kappa shape index (κ3) is 6.15. The number of carbonyl (C=O) groups excluding carboxylic acids is 1. The van der Waals surface area contributed by atoms with Crippen molar-refractivity contribution in [2.45, 2.75) is 26.7 Å². The van der Waals surface area contributed by atoms with E-state index in [2.05, 4.69) is 32.7 Å². The van der Waals surface area contributed by atoms with E-state index in [0.717, 1.165) is 12.8 Å². The highest BCUT2D eigenvalue weighted by Gasteiger charge is 2.14. The van der Waals surface area contributed by atoms with E-state index in [1.165, 1.54) is 19.2 Å². The summed E-state index contributed by atoms with van der Waals surface area (Å²) in [4.78, 5) is 20.6. The molecule has 2 rings (SSSR count). The van der Waals surface area contributed by atoms with Gasteiger partial charge in [0.05, 0.1) is 18.4 Å². The van der Waals surface area contributed by atoms with Gasteiger partial charge in [0.15, 0.2) is 0 Å². The number of aliphatic imine (C=N–C) groups is 1. The molecule has 1 aromatic heterocycles. The van der Waals surface area contributed by atoms with Gasteiger partial charge in [0.1, 0.15) is 11.5 Å². The van der Waals surface area contributed by atoms with E-state index in [4.69, 9.17) is 4.74 Å². The maximum absolute atomic E-state index is 13.4. The van der Waals surface area contributed by atoms with E-state index in [1.807, 2.05) is 0 Å². The molecule has 8 heteroatoms. The normalized spacial score (nSPS) is 11.9. The molecule has 0 bridgehead atoms. The Morgan fingerprint density at radius 1 is 1.29 bits per heavy atom. The number of hydrazone groups is 1. The largest absolute Gasteiger partial charge is 0.465 e. The minimum absolute atomic E-state index is 0.315. The molecule has 0 amide bonds. The molecular weight excluding hydrogens is 361 g/mol. The predicted molar refractivity (Wildman–Crippen MR) is 108 cm³/mol. The summed E-state index contributed by atoms with van der Waals surface area (Å²) in [6.07, 6.45) is 3.48. The Balaban J connectivity index is 2.22. The summed E-state index contributed by atoms with van der Waals surface area (Å²) in [5.41, 5.74) is 4.58. The zero-order chi connectivity index (χ0) is 20.4. The SMILES string of the molecule is CCCCN=C(NN=C(C)c1ncccc1C(=O)OC)Nc1cccc(F)c1. The van der Waals surface area contributed by atoms with Crippen molar-refractivity contribution in [2.75, 3.05) is 19.0 Å². The van der Waals surface area contributed by atoms with Gasteiger partial charge in [-0.05, 0) is 43.7 Å². The summed E-state index contributed by atoms with van der Waals surface area (Å²) in [6, 6.07) is 9.33. The van der Waals surface area contributed by atoms with E-state index in [-0.39, 0.29) is 5.82 Å². The summed E-state index contributed by atoms with van der Waals surface area (Å²) in [5, 5.41) is 7.29. The monoisotopic (exact) mass is 385 g/mol. The number of hydrogen-bond acceptors (Lipinski definition) is 5. The van der Waals surface area contributed by atoms with Crippen LogP contribution in [0.5, 0.6) is 0 Å². The smallest absolute Gasteiger partial charge is 0.340 e. The Morgan fingerprint density at radius 3 is 2.82 bits per heavy atom. The Labute approximate surface area is 163 Å².